The number of amides is 2. The molecule has 0 saturated carbocycles. The van der Waals surface area contributed by atoms with E-state index in [-0.39, 0.29) is 30.6 Å². The van der Waals surface area contributed by atoms with Crippen molar-refractivity contribution in [2.45, 2.75) is 66.3 Å². The number of carboxylic acids is 1. The zero-order chi connectivity index (χ0) is 43.5. The normalized spacial score (nSPS) is 12.1. The summed E-state index contributed by atoms with van der Waals surface area (Å²) in [6.45, 7) is 5.57. The van der Waals surface area contributed by atoms with Gasteiger partial charge in [-0.15, -0.1) is 0 Å². The lowest BCUT2D eigenvalue weighted by atomic mass is 9.97. The summed E-state index contributed by atoms with van der Waals surface area (Å²) < 4.78 is 29.0. The quantitative estimate of drug-likeness (QED) is 0.130. The first-order chi connectivity index (χ1) is 29.5. The van der Waals surface area contributed by atoms with Crippen molar-refractivity contribution in [1.29, 1.82) is 0 Å². The lowest BCUT2D eigenvalue weighted by molar-refractivity contribution is -0.119. The van der Waals surface area contributed by atoms with E-state index in [1.807, 2.05) is 68.4 Å². The topological polar surface area (TPSA) is 147 Å². The number of pyridine rings is 2. The lowest BCUT2D eigenvalue weighted by Crippen LogP contribution is -2.27. The molecule has 4 aromatic carbocycles. The Labute approximate surface area is 361 Å². The molecule has 4 heterocycles. The van der Waals surface area contributed by atoms with Gasteiger partial charge in [-0.3, -0.25) is 24.4 Å². The van der Waals surface area contributed by atoms with Crippen LogP contribution in [-0.2, 0) is 35.4 Å². The lowest BCUT2D eigenvalue weighted by Gasteiger charge is -2.16. The molecule has 320 valence electrons. The van der Waals surface area contributed by atoms with Gasteiger partial charge < -0.3 is 20.6 Å². The molecule has 0 unspecified atom stereocenters. The van der Waals surface area contributed by atoms with Crippen LogP contribution in [0.1, 0.15) is 83.5 Å². The molecule has 0 fully saturated rings. The first-order valence-electron chi connectivity index (χ1n) is 20.2. The Morgan fingerprint density at radius 1 is 0.661 bits per heavy atom. The van der Waals surface area contributed by atoms with Gasteiger partial charge in [0.25, 0.3) is 0 Å². The second kappa shape index (κ2) is 21.6. The van der Waals surface area contributed by atoms with E-state index in [1.54, 1.807) is 52.8 Å². The fraction of sp³-hybridized carbons (Fsp3) is 0.240. The molecule has 3 N–H and O–H groups in total. The fourth-order valence-electron chi connectivity index (χ4n) is 7.31. The van der Waals surface area contributed by atoms with Crippen molar-refractivity contribution in [2.75, 3.05) is 22.9 Å². The van der Waals surface area contributed by atoms with Gasteiger partial charge in [0.15, 0.2) is 5.78 Å². The SMILES string of the molecule is C.CCC(=O)N1CCc2cc(-c3ccc(C(=O)CCc4cccnc4)cc3F)ccc21.CCC(=O)N1CCc2cc(-c3ccc(C(=O)O)cc3F)ccc21.NCc1cccnc1. The van der Waals surface area contributed by atoms with Crippen molar-refractivity contribution in [2.24, 2.45) is 5.73 Å². The molecule has 2 aliphatic rings. The molecule has 8 rings (SSSR count). The third-order valence-electron chi connectivity index (χ3n) is 10.6. The molecule has 0 aliphatic carbocycles. The maximum absolute atomic E-state index is 14.8. The number of nitrogens with two attached hydrogens (primary N) is 1. The minimum atomic E-state index is -1.15. The van der Waals surface area contributed by atoms with Crippen molar-refractivity contribution in [3.8, 4) is 22.3 Å². The molecule has 0 radical (unpaired) electrons. The van der Waals surface area contributed by atoms with E-state index >= 15 is 0 Å². The van der Waals surface area contributed by atoms with Crippen LogP contribution in [0.5, 0.6) is 0 Å². The number of carboxylic acid groups (broad SMARTS) is 1. The predicted molar refractivity (Wildman–Crippen MR) is 239 cm³/mol. The number of aromatic carboxylic acids is 1. The van der Waals surface area contributed by atoms with Gasteiger partial charge in [0.2, 0.25) is 11.8 Å². The Kier molecular flexibility index (Phi) is 16.0. The number of hydrogen-bond donors (Lipinski definition) is 2. The Morgan fingerprint density at radius 2 is 1.15 bits per heavy atom. The van der Waals surface area contributed by atoms with E-state index in [4.69, 9.17) is 10.8 Å². The van der Waals surface area contributed by atoms with Gasteiger partial charge in [-0.1, -0.05) is 63.7 Å². The Bertz CT molecular complexity index is 2530. The van der Waals surface area contributed by atoms with Gasteiger partial charge in [-0.25, -0.2) is 13.6 Å². The zero-order valence-corrected chi connectivity index (χ0v) is 34.1. The van der Waals surface area contributed by atoms with E-state index in [0.29, 0.717) is 67.6 Å². The number of carbonyl (C=O) groups is 4. The summed E-state index contributed by atoms with van der Waals surface area (Å²) in [5.74, 6) is -2.05. The van der Waals surface area contributed by atoms with Crippen molar-refractivity contribution in [1.82, 2.24) is 9.97 Å². The first-order valence-corrected chi connectivity index (χ1v) is 20.2. The highest BCUT2D eigenvalue weighted by atomic mass is 19.1. The number of halogens is 2. The summed E-state index contributed by atoms with van der Waals surface area (Å²) in [5.41, 5.74) is 13.8. The minimum Gasteiger partial charge on any atom is -0.478 e. The Hall–Kier alpha value is -6.92. The summed E-state index contributed by atoms with van der Waals surface area (Å²) in [7, 11) is 0. The Balaban J connectivity index is 0.000000200. The van der Waals surface area contributed by atoms with Crippen LogP contribution in [0, 0.1) is 11.6 Å². The number of aryl methyl sites for hydroxylation is 1. The maximum atomic E-state index is 14.8. The van der Waals surface area contributed by atoms with Gasteiger partial charge in [-0.2, -0.15) is 0 Å². The largest absolute Gasteiger partial charge is 0.478 e. The zero-order valence-electron chi connectivity index (χ0n) is 34.1. The highest BCUT2D eigenvalue weighted by molar-refractivity contribution is 5.98. The molecule has 0 spiro atoms. The first kappa shape index (κ1) is 46.2. The number of anilines is 2. The van der Waals surface area contributed by atoms with Crippen LogP contribution in [0.4, 0.5) is 20.2 Å². The number of ketones is 1. The predicted octanol–water partition coefficient (Wildman–Crippen LogP) is 9.67. The summed E-state index contributed by atoms with van der Waals surface area (Å²) >= 11 is 0. The van der Waals surface area contributed by atoms with Crippen molar-refractivity contribution in [3.05, 3.63) is 167 Å². The summed E-state index contributed by atoms with van der Waals surface area (Å²) in [4.78, 5) is 58.8. The van der Waals surface area contributed by atoms with Crippen LogP contribution >= 0.6 is 0 Å². The number of fused-ring (bicyclic) bond motifs is 2. The van der Waals surface area contributed by atoms with Gasteiger partial charge >= 0.3 is 5.97 Å². The smallest absolute Gasteiger partial charge is 0.335 e. The minimum absolute atomic E-state index is 0. The molecular weight excluding hydrogens is 789 g/mol. The second-order valence-corrected chi connectivity index (χ2v) is 14.5. The number of nitrogens with zero attached hydrogens (tertiary/aromatic N) is 4. The number of aromatic nitrogens is 2. The van der Waals surface area contributed by atoms with Crippen LogP contribution < -0.4 is 15.5 Å². The standard InChI is InChI=1S/C25H23FN2O2.C18H16FNO3.C6H8N2.CH4/c1-2-25(30)28-13-11-19-14-18(7-9-23(19)28)21-8-6-20(15-22(21)26)24(29)10-5-17-4-3-12-27-16-17;1-2-17(21)20-8-7-12-9-11(4-6-16(12)20)14-5-3-13(18(22)23)10-15(14)19;7-4-6-2-1-3-8-5-6;/h3-4,6-9,12,14-16H,2,5,10-11,13H2,1H3;3-6,9-10H,2,7-8H2,1H3,(H,22,23);1-3,5H,4,7H2;1H4. The van der Waals surface area contributed by atoms with Crippen LogP contribution in [-0.4, -0.2) is 51.7 Å². The monoisotopic (exact) mass is 839 g/mol. The molecule has 6 aromatic rings. The van der Waals surface area contributed by atoms with Crippen molar-refractivity contribution < 1.29 is 33.1 Å². The number of hydrogen-bond acceptors (Lipinski definition) is 7. The molecule has 12 heteroatoms. The number of carbonyl (C=O) groups excluding carboxylic acids is 3. The summed E-state index contributed by atoms with van der Waals surface area (Å²) in [5, 5.41) is 8.90. The molecule has 0 saturated heterocycles. The van der Waals surface area contributed by atoms with Crippen LogP contribution in [0.3, 0.4) is 0 Å². The average Bonchev–Trinajstić information content (AvgIpc) is 3.93. The maximum Gasteiger partial charge on any atom is 0.335 e. The van der Waals surface area contributed by atoms with Gasteiger partial charge in [0, 0.05) is 91.7 Å². The van der Waals surface area contributed by atoms with Crippen molar-refractivity contribution >= 4 is 34.9 Å². The van der Waals surface area contributed by atoms with Crippen LogP contribution in [0.15, 0.2) is 122 Å². The summed E-state index contributed by atoms with van der Waals surface area (Å²) in [6, 6.07) is 27.3. The van der Waals surface area contributed by atoms with Gasteiger partial charge in [0.1, 0.15) is 11.6 Å². The second-order valence-electron chi connectivity index (χ2n) is 14.5. The molecule has 0 atom stereocenters. The van der Waals surface area contributed by atoms with Crippen LogP contribution in [0.25, 0.3) is 22.3 Å². The van der Waals surface area contributed by atoms with E-state index < -0.39 is 17.6 Å². The molecule has 2 aromatic heterocycles. The van der Waals surface area contributed by atoms with E-state index in [9.17, 15) is 28.0 Å². The van der Waals surface area contributed by atoms with E-state index in [0.717, 1.165) is 58.1 Å². The molecular formula is C50H51F2N5O5. The Morgan fingerprint density at radius 3 is 1.56 bits per heavy atom. The summed E-state index contributed by atoms with van der Waals surface area (Å²) in [6.07, 6.45) is 10.2. The van der Waals surface area contributed by atoms with Crippen LogP contribution in [0.2, 0.25) is 0 Å². The number of Topliss-reactive ketones (excluding diaryl/α,β-unsaturated/α-hetero) is 1. The molecule has 2 amide bonds. The fourth-order valence-corrected chi connectivity index (χ4v) is 7.31. The average molecular weight is 840 g/mol. The van der Waals surface area contributed by atoms with Gasteiger partial charge in [-0.05, 0) is 107 Å². The van der Waals surface area contributed by atoms with Crippen molar-refractivity contribution in [3.63, 3.8) is 0 Å². The van der Waals surface area contributed by atoms with Gasteiger partial charge in [0.05, 0.1) is 5.56 Å². The van der Waals surface area contributed by atoms with E-state index in [2.05, 4.69) is 9.97 Å². The third kappa shape index (κ3) is 11.1. The molecule has 10 nitrogen and oxygen atoms in total. The molecule has 0 bridgehead atoms. The highest BCUT2D eigenvalue weighted by Crippen LogP contribution is 2.35. The number of benzene rings is 4. The van der Waals surface area contributed by atoms with E-state index in [1.165, 1.54) is 18.2 Å². The molecule has 62 heavy (non-hydrogen) atoms. The molecule has 2 aliphatic heterocycles. The highest BCUT2D eigenvalue weighted by Gasteiger charge is 2.25. The number of rotatable bonds is 10. The third-order valence-corrected chi connectivity index (χ3v) is 10.6.